The fourth-order valence-electron chi connectivity index (χ4n) is 2.55. The first-order chi connectivity index (χ1) is 12.1. The summed E-state index contributed by atoms with van der Waals surface area (Å²) in [4.78, 5) is 12.3. The van der Waals surface area contributed by atoms with Gasteiger partial charge in [0.25, 0.3) is 0 Å². The SMILES string of the molecule is COC(=O)[C@H](NCc1ccccc1OC)c1ccc(OC)c(OC)c1. The van der Waals surface area contributed by atoms with Gasteiger partial charge in [0.2, 0.25) is 0 Å². The van der Waals surface area contributed by atoms with Gasteiger partial charge >= 0.3 is 5.97 Å². The van der Waals surface area contributed by atoms with E-state index in [0.29, 0.717) is 18.0 Å². The highest BCUT2D eigenvalue weighted by atomic mass is 16.5. The molecule has 2 aromatic carbocycles. The van der Waals surface area contributed by atoms with Gasteiger partial charge in [0, 0.05) is 12.1 Å². The number of carbonyl (C=O) groups is 1. The topological polar surface area (TPSA) is 66.0 Å². The summed E-state index contributed by atoms with van der Waals surface area (Å²) in [6, 6.07) is 12.3. The number of esters is 1. The predicted octanol–water partition coefficient (Wildman–Crippen LogP) is 2.72. The van der Waals surface area contributed by atoms with Crippen molar-refractivity contribution in [2.75, 3.05) is 28.4 Å². The monoisotopic (exact) mass is 345 g/mol. The van der Waals surface area contributed by atoms with E-state index in [-0.39, 0.29) is 5.97 Å². The van der Waals surface area contributed by atoms with Crippen LogP contribution >= 0.6 is 0 Å². The lowest BCUT2D eigenvalue weighted by Crippen LogP contribution is -2.29. The third-order valence-electron chi connectivity index (χ3n) is 3.87. The van der Waals surface area contributed by atoms with Gasteiger partial charge in [-0.1, -0.05) is 24.3 Å². The average molecular weight is 345 g/mol. The number of hydrogen-bond donors (Lipinski definition) is 1. The number of nitrogens with one attached hydrogen (secondary N) is 1. The maximum absolute atomic E-state index is 12.3. The van der Waals surface area contributed by atoms with E-state index in [1.165, 1.54) is 7.11 Å². The number of rotatable bonds is 8. The van der Waals surface area contributed by atoms with Crippen molar-refractivity contribution in [1.29, 1.82) is 0 Å². The molecule has 0 radical (unpaired) electrons. The lowest BCUT2D eigenvalue weighted by molar-refractivity contribution is -0.143. The van der Waals surface area contributed by atoms with E-state index < -0.39 is 6.04 Å². The van der Waals surface area contributed by atoms with Crippen molar-refractivity contribution in [3.63, 3.8) is 0 Å². The first kappa shape index (κ1) is 18.6. The van der Waals surface area contributed by atoms with E-state index in [1.807, 2.05) is 24.3 Å². The second kappa shape index (κ2) is 8.94. The standard InChI is InChI=1S/C19H23NO5/c1-22-15-8-6-5-7-14(15)12-20-18(19(21)25-4)13-9-10-16(23-2)17(11-13)24-3/h5-11,18,20H,12H2,1-4H3/t18-/m1/s1. The maximum atomic E-state index is 12.3. The van der Waals surface area contributed by atoms with Crippen LogP contribution in [-0.4, -0.2) is 34.4 Å². The summed E-state index contributed by atoms with van der Waals surface area (Å²) in [5, 5.41) is 3.22. The van der Waals surface area contributed by atoms with Crippen molar-refractivity contribution < 1.29 is 23.7 Å². The zero-order valence-electron chi connectivity index (χ0n) is 14.9. The van der Waals surface area contributed by atoms with Crippen LogP contribution in [0.15, 0.2) is 42.5 Å². The third kappa shape index (κ3) is 4.42. The second-order valence-corrected chi connectivity index (χ2v) is 5.26. The molecule has 0 saturated carbocycles. The molecule has 0 saturated heterocycles. The van der Waals surface area contributed by atoms with Crippen LogP contribution in [0.2, 0.25) is 0 Å². The summed E-state index contributed by atoms with van der Waals surface area (Å²) < 4.78 is 20.8. The van der Waals surface area contributed by atoms with Gasteiger partial charge in [-0.2, -0.15) is 0 Å². The fraction of sp³-hybridized carbons (Fsp3) is 0.316. The van der Waals surface area contributed by atoms with E-state index >= 15 is 0 Å². The molecule has 0 aromatic heterocycles. The summed E-state index contributed by atoms with van der Waals surface area (Å²) in [7, 11) is 6.10. The highest BCUT2D eigenvalue weighted by Gasteiger charge is 2.23. The average Bonchev–Trinajstić information content (AvgIpc) is 2.67. The molecule has 0 aliphatic carbocycles. The Kier molecular flexibility index (Phi) is 6.65. The second-order valence-electron chi connectivity index (χ2n) is 5.26. The summed E-state index contributed by atoms with van der Waals surface area (Å²) in [6.07, 6.45) is 0. The van der Waals surface area contributed by atoms with Gasteiger partial charge in [0.15, 0.2) is 11.5 Å². The lowest BCUT2D eigenvalue weighted by atomic mass is 10.1. The van der Waals surface area contributed by atoms with Gasteiger partial charge in [0.05, 0.1) is 28.4 Å². The molecule has 0 amide bonds. The number of ether oxygens (including phenoxy) is 4. The van der Waals surface area contributed by atoms with E-state index in [4.69, 9.17) is 18.9 Å². The first-order valence-electron chi connectivity index (χ1n) is 7.79. The molecule has 6 nitrogen and oxygen atoms in total. The van der Waals surface area contributed by atoms with Crippen LogP contribution < -0.4 is 19.5 Å². The normalized spacial score (nSPS) is 11.5. The fourth-order valence-corrected chi connectivity index (χ4v) is 2.55. The molecule has 0 spiro atoms. The van der Waals surface area contributed by atoms with E-state index in [2.05, 4.69) is 5.32 Å². The first-order valence-corrected chi connectivity index (χ1v) is 7.79. The lowest BCUT2D eigenvalue weighted by Gasteiger charge is -2.19. The van der Waals surface area contributed by atoms with E-state index in [9.17, 15) is 4.79 Å². The maximum Gasteiger partial charge on any atom is 0.327 e. The highest BCUT2D eigenvalue weighted by Crippen LogP contribution is 2.30. The minimum atomic E-state index is -0.644. The van der Waals surface area contributed by atoms with Crippen molar-refractivity contribution in [3.8, 4) is 17.2 Å². The van der Waals surface area contributed by atoms with Crippen molar-refractivity contribution in [3.05, 3.63) is 53.6 Å². The molecule has 2 rings (SSSR count). The van der Waals surface area contributed by atoms with Crippen LogP contribution in [0.3, 0.4) is 0 Å². The molecule has 2 aromatic rings. The quantitative estimate of drug-likeness (QED) is 0.742. The Morgan fingerprint density at radius 3 is 2.24 bits per heavy atom. The molecular weight excluding hydrogens is 322 g/mol. The minimum absolute atomic E-state index is 0.387. The van der Waals surface area contributed by atoms with Crippen molar-refractivity contribution >= 4 is 5.97 Å². The van der Waals surface area contributed by atoms with Crippen LogP contribution in [0.1, 0.15) is 17.2 Å². The van der Waals surface area contributed by atoms with Crippen LogP contribution in [0.4, 0.5) is 0 Å². The van der Waals surface area contributed by atoms with Crippen LogP contribution in [0.5, 0.6) is 17.2 Å². The van der Waals surface area contributed by atoms with Crippen molar-refractivity contribution in [2.24, 2.45) is 0 Å². The molecule has 1 N–H and O–H groups in total. The molecule has 0 unspecified atom stereocenters. The zero-order chi connectivity index (χ0) is 18.2. The number of hydrogen-bond acceptors (Lipinski definition) is 6. The Morgan fingerprint density at radius 2 is 1.60 bits per heavy atom. The zero-order valence-corrected chi connectivity index (χ0v) is 14.9. The molecule has 134 valence electrons. The number of benzene rings is 2. The van der Waals surface area contributed by atoms with Gasteiger partial charge in [-0.3, -0.25) is 5.32 Å². The number of carbonyl (C=O) groups excluding carboxylic acids is 1. The van der Waals surface area contributed by atoms with E-state index in [1.54, 1.807) is 39.5 Å². The molecule has 0 aliphatic heterocycles. The molecule has 25 heavy (non-hydrogen) atoms. The largest absolute Gasteiger partial charge is 0.496 e. The van der Waals surface area contributed by atoms with Crippen LogP contribution in [0.25, 0.3) is 0 Å². The molecule has 0 fully saturated rings. The van der Waals surface area contributed by atoms with Crippen molar-refractivity contribution in [1.82, 2.24) is 5.32 Å². The summed E-state index contributed by atoms with van der Waals surface area (Å²) in [6.45, 7) is 0.443. The Labute approximate surface area is 147 Å². The van der Waals surface area contributed by atoms with Crippen LogP contribution in [0, 0.1) is 0 Å². The molecule has 0 aliphatic rings. The number of methoxy groups -OCH3 is 4. The molecule has 1 atom stereocenters. The molecule has 0 heterocycles. The van der Waals surface area contributed by atoms with Crippen molar-refractivity contribution in [2.45, 2.75) is 12.6 Å². The summed E-state index contributed by atoms with van der Waals surface area (Å²) in [5.74, 6) is 1.51. The van der Waals surface area contributed by atoms with Gasteiger partial charge in [0.1, 0.15) is 11.8 Å². The van der Waals surface area contributed by atoms with Gasteiger partial charge < -0.3 is 18.9 Å². The Bertz CT molecular complexity index is 717. The predicted molar refractivity (Wildman–Crippen MR) is 94.1 cm³/mol. The van der Waals surface area contributed by atoms with Gasteiger partial charge in [-0.25, -0.2) is 4.79 Å². The highest BCUT2D eigenvalue weighted by molar-refractivity contribution is 5.78. The minimum Gasteiger partial charge on any atom is -0.496 e. The summed E-state index contributed by atoms with van der Waals surface area (Å²) >= 11 is 0. The van der Waals surface area contributed by atoms with E-state index in [0.717, 1.165) is 16.9 Å². The molecular formula is C19H23NO5. The number of para-hydroxylation sites is 1. The Balaban J connectivity index is 2.26. The third-order valence-corrected chi connectivity index (χ3v) is 3.87. The van der Waals surface area contributed by atoms with Gasteiger partial charge in [-0.05, 0) is 23.8 Å². The Hall–Kier alpha value is -2.73. The molecule has 6 heteroatoms. The molecule has 0 bridgehead atoms. The summed E-state index contributed by atoms with van der Waals surface area (Å²) in [5.41, 5.74) is 1.67. The van der Waals surface area contributed by atoms with Crippen LogP contribution in [-0.2, 0) is 16.1 Å². The van der Waals surface area contributed by atoms with Gasteiger partial charge in [-0.15, -0.1) is 0 Å². The smallest absolute Gasteiger partial charge is 0.327 e. The Morgan fingerprint density at radius 1 is 0.920 bits per heavy atom.